The first-order valence-electron chi connectivity index (χ1n) is 8.86. The Morgan fingerprint density at radius 1 is 0.667 bits per heavy atom. The lowest BCUT2D eigenvalue weighted by molar-refractivity contribution is 0.0686. The molecule has 8 nitrogen and oxygen atoms in total. The summed E-state index contributed by atoms with van der Waals surface area (Å²) in [5.41, 5.74) is 8.80. The highest BCUT2D eigenvalue weighted by Crippen LogP contribution is 2.12. The van der Waals surface area contributed by atoms with Crippen LogP contribution in [0.15, 0.2) is 83.0 Å². The van der Waals surface area contributed by atoms with Crippen molar-refractivity contribution in [2.24, 2.45) is 10.2 Å². The zero-order chi connectivity index (χ0) is 21.3. The fourth-order valence-electron chi connectivity index (χ4n) is 2.47. The molecule has 0 bridgehead atoms. The fraction of sp³-hybridized carbons (Fsp3) is 0. The molecule has 150 valence electrons. The monoisotopic (exact) mass is 402 g/mol. The van der Waals surface area contributed by atoms with E-state index in [0.29, 0.717) is 11.4 Å². The van der Waals surface area contributed by atoms with Crippen molar-refractivity contribution < 1.29 is 19.8 Å². The molecule has 0 radical (unpaired) electrons. The van der Waals surface area contributed by atoms with Crippen molar-refractivity contribution in [3.05, 3.63) is 95.1 Å². The molecular weight excluding hydrogens is 384 g/mol. The van der Waals surface area contributed by atoms with E-state index in [1.165, 1.54) is 24.3 Å². The molecule has 0 aliphatic carbocycles. The smallest absolute Gasteiger partial charge is 0.335 e. The predicted molar refractivity (Wildman–Crippen MR) is 116 cm³/mol. The van der Waals surface area contributed by atoms with Crippen molar-refractivity contribution in [2.45, 2.75) is 0 Å². The molecule has 0 saturated heterocycles. The lowest BCUT2D eigenvalue weighted by Gasteiger charge is -2.02. The van der Waals surface area contributed by atoms with E-state index in [0.717, 1.165) is 11.1 Å². The normalized spacial score (nSPS) is 10.9. The van der Waals surface area contributed by atoms with Gasteiger partial charge < -0.3 is 10.2 Å². The van der Waals surface area contributed by atoms with Gasteiger partial charge in [0.05, 0.1) is 34.9 Å². The van der Waals surface area contributed by atoms with Crippen molar-refractivity contribution in [2.75, 3.05) is 10.9 Å². The molecule has 3 aromatic carbocycles. The Morgan fingerprint density at radius 2 is 1.07 bits per heavy atom. The third-order valence-corrected chi connectivity index (χ3v) is 3.97. The first-order valence-corrected chi connectivity index (χ1v) is 8.86. The summed E-state index contributed by atoms with van der Waals surface area (Å²) in [5, 5.41) is 26.2. The summed E-state index contributed by atoms with van der Waals surface area (Å²) in [6, 6.07) is 20.2. The van der Waals surface area contributed by atoms with Gasteiger partial charge in [-0.25, -0.2) is 9.59 Å². The van der Waals surface area contributed by atoms with Gasteiger partial charge in [0.15, 0.2) is 0 Å². The third-order valence-electron chi connectivity index (χ3n) is 3.97. The highest BCUT2D eigenvalue weighted by molar-refractivity contribution is 5.89. The molecule has 0 amide bonds. The molecule has 3 aromatic rings. The molecular formula is C22H18N4O4. The minimum absolute atomic E-state index is 0.183. The van der Waals surface area contributed by atoms with Gasteiger partial charge in [0, 0.05) is 0 Å². The van der Waals surface area contributed by atoms with Crippen LogP contribution in [-0.4, -0.2) is 34.6 Å². The molecule has 0 heterocycles. The van der Waals surface area contributed by atoms with Crippen LogP contribution in [0.3, 0.4) is 0 Å². The van der Waals surface area contributed by atoms with Crippen molar-refractivity contribution in [1.82, 2.24) is 0 Å². The van der Waals surface area contributed by atoms with Crippen molar-refractivity contribution in [3.63, 3.8) is 0 Å². The second-order valence-electron chi connectivity index (χ2n) is 6.18. The summed E-state index contributed by atoms with van der Waals surface area (Å²) >= 11 is 0. The predicted octanol–water partition coefficient (Wildman–Crippen LogP) is 3.98. The van der Waals surface area contributed by atoms with Gasteiger partial charge in [0.25, 0.3) is 0 Å². The van der Waals surface area contributed by atoms with Crippen molar-refractivity contribution in [1.29, 1.82) is 0 Å². The number of anilines is 2. The number of hydrogen-bond acceptors (Lipinski definition) is 6. The minimum Gasteiger partial charge on any atom is -0.478 e. The van der Waals surface area contributed by atoms with Crippen molar-refractivity contribution in [3.8, 4) is 0 Å². The summed E-state index contributed by atoms with van der Waals surface area (Å²) in [6.07, 6.45) is 3.23. The first-order chi connectivity index (χ1) is 14.5. The molecule has 3 rings (SSSR count). The number of hydrazone groups is 2. The zero-order valence-electron chi connectivity index (χ0n) is 15.7. The van der Waals surface area contributed by atoms with E-state index in [1.807, 2.05) is 24.3 Å². The van der Waals surface area contributed by atoms with Gasteiger partial charge in [-0.3, -0.25) is 10.9 Å². The van der Waals surface area contributed by atoms with E-state index in [1.54, 1.807) is 36.7 Å². The molecule has 30 heavy (non-hydrogen) atoms. The second kappa shape index (κ2) is 9.65. The van der Waals surface area contributed by atoms with Crippen molar-refractivity contribution >= 4 is 35.7 Å². The maximum absolute atomic E-state index is 11.0. The Morgan fingerprint density at radius 3 is 1.43 bits per heavy atom. The molecule has 4 N–H and O–H groups in total. The summed E-state index contributed by atoms with van der Waals surface area (Å²) in [6.45, 7) is 0. The van der Waals surface area contributed by atoms with E-state index in [2.05, 4.69) is 21.1 Å². The van der Waals surface area contributed by atoms with Crippen LogP contribution >= 0.6 is 0 Å². The second-order valence-corrected chi connectivity index (χ2v) is 6.18. The summed E-state index contributed by atoms with van der Waals surface area (Å²) < 4.78 is 0. The number of nitrogens with zero attached hydrogens (tertiary/aromatic N) is 2. The number of carboxylic acid groups (broad SMARTS) is 2. The van der Waals surface area contributed by atoms with Crippen LogP contribution in [0.2, 0.25) is 0 Å². The van der Waals surface area contributed by atoms with Gasteiger partial charge in [-0.15, -0.1) is 0 Å². The molecule has 0 fully saturated rings. The molecule has 0 unspecified atom stereocenters. The van der Waals surface area contributed by atoms with Gasteiger partial charge in [0.2, 0.25) is 0 Å². The molecule has 0 aliphatic rings. The number of hydrogen-bond donors (Lipinski definition) is 4. The van der Waals surface area contributed by atoms with Gasteiger partial charge in [-0.2, -0.15) is 10.2 Å². The van der Waals surface area contributed by atoms with E-state index in [4.69, 9.17) is 10.2 Å². The average Bonchev–Trinajstić information content (AvgIpc) is 2.75. The Kier molecular flexibility index (Phi) is 6.52. The largest absolute Gasteiger partial charge is 0.478 e. The maximum atomic E-state index is 11.0. The number of carbonyl (C=O) groups is 2. The molecule has 0 saturated carbocycles. The topological polar surface area (TPSA) is 123 Å². The molecule has 8 heteroatoms. The van der Waals surface area contributed by atoms with Crippen LogP contribution in [0.5, 0.6) is 0 Å². The highest BCUT2D eigenvalue weighted by Gasteiger charge is 2.03. The number of rotatable bonds is 8. The average molecular weight is 402 g/mol. The van der Waals surface area contributed by atoms with E-state index in [9.17, 15) is 9.59 Å². The SMILES string of the molecule is O=C(O)c1cccc(N/N=C\c2ccc(/C=N\Nc3cccc(C(=O)O)c3)cc2)c1. The van der Waals surface area contributed by atoms with E-state index < -0.39 is 11.9 Å². The molecule has 0 atom stereocenters. The Balaban J connectivity index is 1.55. The number of carboxylic acids is 2. The fourth-order valence-corrected chi connectivity index (χ4v) is 2.47. The Hall–Kier alpha value is -4.46. The lowest BCUT2D eigenvalue weighted by atomic mass is 10.2. The Labute approximate surface area is 172 Å². The first kappa shape index (κ1) is 20.3. The van der Waals surface area contributed by atoms with Gasteiger partial charge in [-0.05, 0) is 47.5 Å². The van der Waals surface area contributed by atoms with Gasteiger partial charge in [0.1, 0.15) is 0 Å². The zero-order valence-corrected chi connectivity index (χ0v) is 15.7. The molecule has 0 spiro atoms. The van der Waals surface area contributed by atoms with E-state index in [-0.39, 0.29) is 11.1 Å². The number of nitrogens with one attached hydrogen (secondary N) is 2. The molecule has 0 aromatic heterocycles. The van der Waals surface area contributed by atoms with Crippen LogP contribution in [0.4, 0.5) is 11.4 Å². The number of aromatic carboxylic acids is 2. The van der Waals surface area contributed by atoms with Gasteiger partial charge in [-0.1, -0.05) is 36.4 Å². The highest BCUT2D eigenvalue weighted by atomic mass is 16.4. The third kappa shape index (κ3) is 5.77. The molecule has 0 aliphatic heterocycles. The number of benzene rings is 3. The van der Waals surface area contributed by atoms with Gasteiger partial charge >= 0.3 is 11.9 Å². The van der Waals surface area contributed by atoms with Crippen LogP contribution in [0.25, 0.3) is 0 Å². The quantitative estimate of drug-likeness (QED) is 0.334. The summed E-state index contributed by atoms with van der Waals surface area (Å²) in [7, 11) is 0. The maximum Gasteiger partial charge on any atom is 0.335 e. The van der Waals surface area contributed by atoms with Crippen LogP contribution in [0.1, 0.15) is 31.8 Å². The Bertz CT molecular complexity index is 1020. The lowest BCUT2D eigenvalue weighted by Crippen LogP contribution is -1.98. The standard InChI is InChI=1S/C22H18N4O4/c27-21(28)17-3-1-5-19(11-17)25-23-13-15-7-9-16(10-8-15)14-24-26-20-6-2-4-18(12-20)22(29)30/h1-14,25-26H,(H,27,28)(H,29,30)/b23-13-,24-14-. The van der Waals surface area contributed by atoms with E-state index >= 15 is 0 Å². The minimum atomic E-state index is -0.996. The van der Waals surface area contributed by atoms with Crippen LogP contribution in [0, 0.1) is 0 Å². The van der Waals surface area contributed by atoms with Crippen LogP contribution < -0.4 is 10.9 Å². The summed E-state index contributed by atoms with van der Waals surface area (Å²) in [4.78, 5) is 21.9. The summed E-state index contributed by atoms with van der Waals surface area (Å²) in [5.74, 6) is -1.99. The van der Waals surface area contributed by atoms with Crippen LogP contribution in [-0.2, 0) is 0 Å².